The molecule has 31 heavy (non-hydrogen) atoms. The van der Waals surface area contributed by atoms with Gasteiger partial charge >= 0.3 is 5.97 Å². The number of carboxylic acids is 1. The van der Waals surface area contributed by atoms with Crippen molar-refractivity contribution in [1.82, 2.24) is 10.6 Å². The number of rotatable bonds is 25. The van der Waals surface area contributed by atoms with Crippen LogP contribution in [0, 0.1) is 0 Å². The summed E-state index contributed by atoms with van der Waals surface area (Å²) in [6.45, 7) is 6.28. The van der Waals surface area contributed by atoms with Crippen LogP contribution in [0.2, 0.25) is 0 Å². The fourth-order valence-electron chi connectivity index (χ4n) is 1.92. The Balaban J connectivity index is 3.09. The standard InChI is InChI=1S/C19H38N2O10/c1-20-2-4-25-6-8-27-10-12-29-14-15-30-13-11-28-9-7-26-5-3-21-18(22)16-31-17-19(23)24/h20H,2-17H2,1H3,(H,21,22)(H,23,24). The molecule has 0 bridgehead atoms. The van der Waals surface area contributed by atoms with Crippen molar-refractivity contribution in [3.05, 3.63) is 0 Å². The number of hydrogen-bond donors (Lipinski definition) is 3. The Bertz CT molecular complexity index is 415. The predicted octanol–water partition coefficient (Wildman–Crippen LogP) is -1.48. The van der Waals surface area contributed by atoms with Crippen LogP contribution in [-0.4, -0.2) is 130 Å². The van der Waals surface area contributed by atoms with Gasteiger partial charge in [-0.3, -0.25) is 4.79 Å². The van der Waals surface area contributed by atoms with Crippen LogP contribution in [0.4, 0.5) is 0 Å². The molecular formula is C19H38N2O10. The molecular weight excluding hydrogens is 416 g/mol. The number of likely N-dealkylation sites (N-methyl/N-ethyl adjacent to an activating group) is 1. The molecule has 0 saturated carbocycles. The molecule has 0 rings (SSSR count). The van der Waals surface area contributed by atoms with Crippen molar-refractivity contribution in [1.29, 1.82) is 0 Å². The van der Waals surface area contributed by atoms with Gasteiger partial charge in [0.2, 0.25) is 5.91 Å². The highest BCUT2D eigenvalue weighted by Gasteiger charge is 2.02. The quantitative estimate of drug-likeness (QED) is 0.139. The number of carbonyl (C=O) groups is 2. The van der Waals surface area contributed by atoms with Crippen LogP contribution in [0.3, 0.4) is 0 Å². The van der Waals surface area contributed by atoms with E-state index < -0.39 is 12.6 Å². The van der Waals surface area contributed by atoms with Crippen molar-refractivity contribution in [2.45, 2.75) is 0 Å². The maximum Gasteiger partial charge on any atom is 0.329 e. The topological polar surface area (TPSA) is 143 Å². The molecule has 0 aliphatic carbocycles. The molecule has 0 radical (unpaired) electrons. The third-order valence-corrected chi connectivity index (χ3v) is 3.38. The van der Waals surface area contributed by atoms with Crippen LogP contribution in [0.15, 0.2) is 0 Å². The fraction of sp³-hybridized carbons (Fsp3) is 0.895. The lowest BCUT2D eigenvalue weighted by Gasteiger charge is -2.08. The van der Waals surface area contributed by atoms with Crippen LogP contribution in [0.25, 0.3) is 0 Å². The van der Waals surface area contributed by atoms with Gasteiger partial charge in [0.05, 0.1) is 79.3 Å². The summed E-state index contributed by atoms with van der Waals surface area (Å²) in [6, 6.07) is 0. The second-order valence-electron chi connectivity index (χ2n) is 6.01. The van der Waals surface area contributed by atoms with Gasteiger partial charge in [-0.15, -0.1) is 0 Å². The molecule has 0 fully saturated rings. The molecule has 0 aromatic heterocycles. The average molecular weight is 455 g/mol. The van der Waals surface area contributed by atoms with Gasteiger partial charge < -0.3 is 48.9 Å². The van der Waals surface area contributed by atoms with E-state index in [9.17, 15) is 9.59 Å². The zero-order valence-electron chi connectivity index (χ0n) is 18.4. The molecule has 0 aromatic carbocycles. The molecule has 0 heterocycles. The van der Waals surface area contributed by atoms with Crippen molar-refractivity contribution in [2.24, 2.45) is 0 Å². The lowest BCUT2D eigenvalue weighted by molar-refractivity contribution is -0.143. The average Bonchev–Trinajstić information content (AvgIpc) is 2.74. The normalized spacial score (nSPS) is 11.0. The minimum absolute atomic E-state index is 0.291. The van der Waals surface area contributed by atoms with Crippen LogP contribution < -0.4 is 10.6 Å². The number of hydrogen-bond acceptors (Lipinski definition) is 10. The molecule has 12 heteroatoms. The van der Waals surface area contributed by atoms with Gasteiger partial charge in [0.25, 0.3) is 0 Å². The molecule has 12 nitrogen and oxygen atoms in total. The molecule has 0 aliphatic rings. The minimum atomic E-state index is -1.12. The number of aliphatic carboxylic acids is 1. The minimum Gasteiger partial charge on any atom is -0.480 e. The Labute approximate surface area is 183 Å². The number of nitrogens with one attached hydrogen (secondary N) is 2. The molecule has 0 aliphatic heterocycles. The number of carboxylic acid groups (broad SMARTS) is 1. The van der Waals surface area contributed by atoms with Gasteiger partial charge in [-0.2, -0.15) is 0 Å². The SMILES string of the molecule is CNCCOCCOCCOCCOCCOCCOCCNC(=O)COCC(=O)O. The van der Waals surface area contributed by atoms with Gasteiger partial charge in [-0.1, -0.05) is 0 Å². The second-order valence-corrected chi connectivity index (χ2v) is 6.01. The van der Waals surface area contributed by atoms with E-state index in [0.29, 0.717) is 85.8 Å². The summed E-state index contributed by atoms with van der Waals surface area (Å²) in [6.07, 6.45) is 0. The monoisotopic (exact) mass is 454 g/mol. The highest BCUT2D eigenvalue weighted by Crippen LogP contribution is 1.84. The zero-order valence-corrected chi connectivity index (χ0v) is 18.4. The molecule has 0 atom stereocenters. The van der Waals surface area contributed by atoms with Crippen LogP contribution in [-0.2, 0) is 42.7 Å². The lowest BCUT2D eigenvalue weighted by Crippen LogP contribution is -2.31. The largest absolute Gasteiger partial charge is 0.480 e. The summed E-state index contributed by atoms with van der Waals surface area (Å²) < 4.78 is 36.8. The van der Waals surface area contributed by atoms with E-state index in [2.05, 4.69) is 15.4 Å². The van der Waals surface area contributed by atoms with E-state index >= 15 is 0 Å². The zero-order chi connectivity index (χ0) is 22.8. The number of amides is 1. The van der Waals surface area contributed by atoms with E-state index in [-0.39, 0.29) is 12.5 Å². The Kier molecular flexibility index (Phi) is 23.8. The first-order valence-corrected chi connectivity index (χ1v) is 10.3. The van der Waals surface area contributed by atoms with E-state index in [1.54, 1.807) is 0 Å². The van der Waals surface area contributed by atoms with E-state index in [1.165, 1.54) is 0 Å². The highest BCUT2D eigenvalue weighted by atomic mass is 16.6. The fourth-order valence-corrected chi connectivity index (χ4v) is 1.92. The maximum absolute atomic E-state index is 11.3. The van der Waals surface area contributed by atoms with Gasteiger partial charge in [-0.05, 0) is 7.05 Å². The summed E-state index contributed by atoms with van der Waals surface area (Å²) in [7, 11) is 1.88. The molecule has 0 aromatic rings. The second kappa shape index (κ2) is 24.9. The number of ether oxygens (including phenoxy) is 7. The summed E-state index contributed by atoms with van der Waals surface area (Å²) >= 11 is 0. The molecule has 0 saturated heterocycles. The first-order valence-electron chi connectivity index (χ1n) is 10.3. The Morgan fingerprint density at radius 3 is 1.35 bits per heavy atom. The molecule has 0 spiro atoms. The van der Waals surface area contributed by atoms with Crippen LogP contribution in [0.1, 0.15) is 0 Å². The summed E-state index contributed by atoms with van der Waals surface area (Å²) in [4.78, 5) is 21.5. The van der Waals surface area contributed by atoms with Crippen molar-refractivity contribution in [3.63, 3.8) is 0 Å². The van der Waals surface area contributed by atoms with Crippen LogP contribution in [0.5, 0.6) is 0 Å². The molecule has 3 N–H and O–H groups in total. The predicted molar refractivity (Wildman–Crippen MR) is 110 cm³/mol. The molecule has 1 amide bonds. The summed E-state index contributed by atoms with van der Waals surface area (Å²) in [5.41, 5.74) is 0. The van der Waals surface area contributed by atoms with Crippen molar-refractivity contribution >= 4 is 11.9 Å². The third kappa shape index (κ3) is 26.6. The van der Waals surface area contributed by atoms with Gasteiger partial charge in [0.1, 0.15) is 13.2 Å². The lowest BCUT2D eigenvalue weighted by atomic mass is 10.6. The highest BCUT2D eigenvalue weighted by molar-refractivity contribution is 5.77. The van der Waals surface area contributed by atoms with Crippen LogP contribution >= 0.6 is 0 Å². The van der Waals surface area contributed by atoms with Gasteiger partial charge in [0.15, 0.2) is 0 Å². The Hall–Kier alpha value is -1.38. The van der Waals surface area contributed by atoms with E-state index in [1.807, 2.05) is 7.05 Å². The van der Waals surface area contributed by atoms with Crippen molar-refractivity contribution < 1.29 is 47.9 Å². The number of carbonyl (C=O) groups excluding carboxylic acids is 1. The van der Waals surface area contributed by atoms with Gasteiger partial charge in [-0.25, -0.2) is 4.79 Å². The Morgan fingerprint density at radius 2 is 0.968 bits per heavy atom. The van der Waals surface area contributed by atoms with E-state index in [0.717, 1.165) is 6.54 Å². The Morgan fingerprint density at radius 1 is 0.581 bits per heavy atom. The van der Waals surface area contributed by atoms with Gasteiger partial charge in [0, 0.05) is 13.1 Å². The van der Waals surface area contributed by atoms with E-state index in [4.69, 9.17) is 33.5 Å². The van der Waals surface area contributed by atoms with Crippen molar-refractivity contribution in [3.8, 4) is 0 Å². The first-order chi connectivity index (χ1) is 15.2. The molecule has 184 valence electrons. The summed E-state index contributed by atoms with van der Waals surface area (Å²) in [5.74, 6) is -1.51. The maximum atomic E-state index is 11.3. The molecule has 0 unspecified atom stereocenters. The summed E-state index contributed by atoms with van der Waals surface area (Å²) in [5, 5.41) is 13.9. The van der Waals surface area contributed by atoms with Crippen molar-refractivity contribution in [2.75, 3.05) is 113 Å². The smallest absolute Gasteiger partial charge is 0.329 e. The first kappa shape index (κ1) is 29.6. The third-order valence-electron chi connectivity index (χ3n) is 3.38.